The first-order valence-electron chi connectivity index (χ1n) is 5.08. The zero-order chi connectivity index (χ0) is 9.68. The largest absolute Gasteiger partial charge is 0.446 e. The molecule has 13 heavy (non-hydrogen) atoms. The van der Waals surface area contributed by atoms with Crippen molar-refractivity contribution in [2.45, 2.75) is 51.0 Å². The fourth-order valence-corrected chi connectivity index (χ4v) is 1.73. The number of alkyl halides is 1. The van der Waals surface area contributed by atoms with Gasteiger partial charge in [-0.05, 0) is 19.3 Å². The van der Waals surface area contributed by atoms with Crippen LogP contribution in [0.4, 0.5) is 0 Å². The van der Waals surface area contributed by atoms with Crippen LogP contribution in [0.3, 0.4) is 0 Å². The predicted molar refractivity (Wildman–Crippen MR) is 52.6 cm³/mol. The number of hydrogen-bond acceptors (Lipinski definition) is 2. The molecule has 0 saturated heterocycles. The Bertz CT molecular complexity index is 164. The van der Waals surface area contributed by atoms with Crippen molar-refractivity contribution in [2.75, 3.05) is 0 Å². The molecular weight excluding hydrogens is 188 g/mol. The van der Waals surface area contributed by atoms with Crippen LogP contribution < -0.4 is 0 Å². The van der Waals surface area contributed by atoms with Crippen LogP contribution in [0.2, 0.25) is 0 Å². The Hall–Kier alpha value is -0.240. The maximum Gasteiger partial charge on any atom is 0.310 e. The average molecular weight is 205 g/mol. The van der Waals surface area contributed by atoms with Gasteiger partial charge in [0.2, 0.25) is 0 Å². The summed E-state index contributed by atoms with van der Waals surface area (Å²) < 4.78 is 5.07. The lowest BCUT2D eigenvalue weighted by Crippen LogP contribution is -2.23. The molecule has 1 saturated carbocycles. The van der Waals surface area contributed by atoms with Crippen LogP contribution in [-0.4, -0.2) is 11.5 Å². The Labute approximate surface area is 84.6 Å². The predicted octanol–water partition coefficient (Wildman–Crippen LogP) is 3.08. The SMILES string of the molecule is CCC(Cl)OC(=O)C1CCCCC1. The summed E-state index contributed by atoms with van der Waals surface area (Å²) >= 11 is 5.74. The normalized spacial score (nSPS) is 21.1. The third-order valence-corrected chi connectivity index (χ3v) is 2.90. The highest BCUT2D eigenvalue weighted by Gasteiger charge is 2.23. The molecule has 0 heterocycles. The van der Waals surface area contributed by atoms with Crippen molar-refractivity contribution in [3.05, 3.63) is 0 Å². The number of ether oxygens (including phenoxy) is 1. The molecule has 1 rings (SSSR count). The van der Waals surface area contributed by atoms with Crippen molar-refractivity contribution in [1.29, 1.82) is 0 Å². The minimum absolute atomic E-state index is 0.0958. The van der Waals surface area contributed by atoms with E-state index in [2.05, 4.69) is 0 Å². The van der Waals surface area contributed by atoms with E-state index in [0.29, 0.717) is 6.42 Å². The Kier molecular flexibility index (Phi) is 4.57. The molecule has 1 aliphatic carbocycles. The van der Waals surface area contributed by atoms with Gasteiger partial charge in [0.25, 0.3) is 0 Å². The molecule has 1 atom stereocenters. The van der Waals surface area contributed by atoms with Gasteiger partial charge >= 0.3 is 5.97 Å². The van der Waals surface area contributed by atoms with Gasteiger partial charge in [-0.2, -0.15) is 0 Å². The first-order chi connectivity index (χ1) is 6.24. The van der Waals surface area contributed by atoms with Crippen LogP contribution in [0.15, 0.2) is 0 Å². The molecule has 0 N–H and O–H groups in total. The van der Waals surface area contributed by atoms with Gasteiger partial charge in [0.05, 0.1) is 5.92 Å². The zero-order valence-corrected chi connectivity index (χ0v) is 8.85. The molecule has 3 heteroatoms. The van der Waals surface area contributed by atoms with Gasteiger partial charge in [-0.3, -0.25) is 4.79 Å². The Morgan fingerprint density at radius 2 is 2.08 bits per heavy atom. The Morgan fingerprint density at radius 1 is 1.46 bits per heavy atom. The second-order valence-electron chi connectivity index (χ2n) is 3.59. The third-order valence-electron chi connectivity index (χ3n) is 2.50. The summed E-state index contributed by atoms with van der Waals surface area (Å²) in [6, 6.07) is 0. The van der Waals surface area contributed by atoms with Gasteiger partial charge in [0, 0.05) is 0 Å². The van der Waals surface area contributed by atoms with E-state index < -0.39 is 5.56 Å². The first kappa shape index (κ1) is 10.8. The summed E-state index contributed by atoms with van der Waals surface area (Å²) in [6.45, 7) is 1.91. The van der Waals surface area contributed by atoms with Crippen molar-refractivity contribution in [2.24, 2.45) is 5.92 Å². The number of carbonyl (C=O) groups is 1. The molecule has 2 nitrogen and oxygen atoms in total. The number of halogens is 1. The van der Waals surface area contributed by atoms with Gasteiger partial charge in [0.15, 0.2) is 5.56 Å². The maximum atomic E-state index is 11.5. The van der Waals surface area contributed by atoms with Gasteiger partial charge < -0.3 is 4.74 Å². The van der Waals surface area contributed by atoms with E-state index in [9.17, 15) is 4.79 Å². The van der Waals surface area contributed by atoms with Gasteiger partial charge in [-0.25, -0.2) is 0 Å². The highest BCUT2D eigenvalue weighted by molar-refractivity contribution is 6.20. The van der Waals surface area contributed by atoms with E-state index in [1.807, 2.05) is 6.92 Å². The highest BCUT2D eigenvalue weighted by Crippen LogP contribution is 2.25. The third kappa shape index (κ3) is 3.55. The van der Waals surface area contributed by atoms with E-state index in [0.717, 1.165) is 25.7 Å². The second kappa shape index (κ2) is 5.48. The summed E-state index contributed by atoms with van der Waals surface area (Å²) in [5.41, 5.74) is -0.436. The topological polar surface area (TPSA) is 26.3 Å². The zero-order valence-electron chi connectivity index (χ0n) is 8.09. The molecular formula is C10H17ClO2. The van der Waals surface area contributed by atoms with E-state index in [1.54, 1.807) is 0 Å². The van der Waals surface area contributed by atoms with Crippen LogP contribution in [0.25, 0.3) is 0 Å². The molecule has 0 aromatic rings. The molecule has 0 bridgehead atoms. The molecule has 0 aromatic carbocycles. The molecule has 0 aromatic heterocycles. The lowest BCUT2D eigenvalue weighted by molar-refractivity contribution is -0.151. The van der Waals surface area contributed by atoms with Crippen molar-refractivity contribution in [3.8, 4) is 0 Å². The number of carbonyl (C=O) groups excluding carboxylic acids is 1. The van der Waals surface area contributed by atoms with Crippen LogP contribution in [0.5, 0.6) is 0 Å². The second-order valence-corrected chi connectivity index (χ2v) is 4.08. The lowest BCUT2D eigenvalue weighted by Gasteiger charge is -2.21. The summed E-state index contributed by atoms with van der Waals surface area (Å²) in [4.78, 5) is 11.5. The Balaban J connectivity index is 2.29. The van der Waals surface area contributed by atoms with Crippen molar-refractivity contribution < 1.29 is 9.53 Å². The Morgan fingerprint density at radius 3 is 2.62 bits per heavy atom. The fraction of sp³-hybridized carbons (Fsp3) is 0.900. The van der Waals surface area contributed by atoms with E-state index >= 15 is 0 Å². The van der Waals surface area contributed by atoms with Crippen LogP contribution in [-0.2, 0) is 9.53 Å². The van der Waals surface area contributed by atoms with Gasteiger partial charge in [0.1, 0.15) is 0 Å². The first-order valence-corrected chi connectivity index (χ1v) is 5.52. The average Bonchev–Trinajstić information content (AvgIpc) is 2.19. The number of rotatable bonds is 3. The minimum atomic E-state index is -0.436. The molecule has 0 spiro atoms. The minimum Gasteiger partial charge on any atom is -0.446 e. The molecule has 0 aliphatic heterocycles. The van der Waals surface area contributed by atoms with Gasteiger partial charge in [-0.15, -0.1) is 0 Å². The van der Waals surface area contributed by atoms with Crippen molar-refractivity contribution >= 4 is 17.6 Å². The van der Waals surface area contributed by atoms with Crippen LogP contribution >= 0.6 is 11.6 Å². The summed E-state index contributed by atoms with van der Waals surface area (Å²) in [7, 11) is 0. The molecule has 76 valence electrons. The van der Waals surface area contributed by atoms with Crippen LogP contribution in [0.1, 0.15) is 45.4 Å². The summed E-state index contributed by atoms with van der Waals surface area (Å²) in [5, 5.41) is 0. The monoisotopic (exact) mass is 204 g/mol. The molecule has 0 amide bonds. The quantitative estimate of drug-likeness (QED) is 0.522. The fourth-order valence-electron chi connectivity index (χ4n) is 1.64. The summed E-state index contributed by atoms with van der Waals surface area (Å²) in [5.74, 6) is 0.0168. The van der Waals surface area contributed by atoms with E-state index in [-0.39, 0.29) is 11.9 Å². The molecule has 1 aliphatic rings. The number of hydrogen-bond donors (Lipinski definition) is 0. The number of esters is 1. The summed E-state index contributed by atoms with van der Waals surface area (Å²) in [6.07, 6.45) is 6.19. The lowest BCUT2D eigenvalue weighted by atomic mass is 9.89. The standard InChI is InChI=1S/C10H17ClO2/c1-2-9(11)13-10(12)8-6-4-3-5-7-8/h8-9H,2-7H2,1H3. The molecule has 1 unspecified atom stereocenters. The van der Waals surface area contributed by atoms with E-state index in [1.165, 1.54) is 6.42 Å². The van der Waals surface area contributed by atoms with E-state index in [4.69, 9.17) is 16.3 Å². The van der Waals surface area contributed by atoms with Crippen LogP contribution in [0, 0.1) is 5.92 Å². The van der Waals surface area contributed by atoms with Crippen molar-refractivity contribution in [1.82, 2.24) is 0 Å². The smallest absolute Gasteiger partial charge is 0.310 e. The van der Waals surface area contributed by atoms with Crippen molar-refractivity contribution in [3.63, 3.8) is 0 Å². The molecule has 1 fully saturated rings. The molecule has 0 radical (unpaired) electrons. The highest BCUT2D eigenvalue weighted by atomic mass is 35.5. The van der Waals surface area contributed by atoms with Gasteiger partial charge in [-0.1, -0.05) is 37.8 Å². The maximum absolute atomic E-state index is 11.5.